The number of carbonyl (C=O) groups is 1. The minimum Gasteiger partial charge on any atom is -0.354 e. The van der Waals surface area contributed by atoms with E-state index in [0.29, 0.717) is 12.0 Å². The molecule has 3 aromatic rings. The van der Waals surface area contributed by atoms with E-state index in [-0.39, 0.29) is 11.9 Å². The molecule has 1 amide bonds. The molecule has 0 aliphatic rings. The second kappa shape index (κ2) is 8.70. The van der Waals surface area contributed by atoms with E-state index in [4.69, 9.17) is 14.5 Å². The van der Waals surface area contributed by atoms with E-state index in [1.807, 2.05) is 49.4 Å². The summed E-state index contributed by atoms with van der Waals surface area (Å²) in [5.41, 5.74) is 2.96. The van der Waals surface area contributed by atoms with E-state index in [9.17, 15) is 4.79 Å². The summed E-state index contributed by atoms with van der Waals surface area (Å²) in [5, 5.41) is 3.83. The number of hydrogen-bond donors (Lipinski definition) is 1. The van der Waals surface area contributed by atoms with Crippen LogP contribution in [0.2, 0.25) is 0 Å². The van der Waals surface area contributed by atoms with Gasteiger partial charge in [0.05, 0.1) is 22.8 Å². The number of fused-ring (bicyclic) bond motifs is 1. The van der Waals surface area contributed by atoms with Gasteiger partial charge in [-0.05, 0) is 30.7 Å². The Morgan fingerprint density at radius 3 is 2.48 bits per heavy atom. The van der Waals surface area contributed by atoms with Gasteiger partial charge in [0, 0.05) is 37.6 Å². The number of amides is 1. The van der Waals surface area contributed by atoms with Gasteiger partial charge in [0.1, 0.15) is 0 Å². The second-order valence-electron chi connectivity index (χ2n) is 6.14. The fourth-order valence-corrected chi connectivity index (χ4v) is 3.07. The van der Waals surface area contributed by atoms with Crippen LogP contribution >= 0.6 is 0 Å². The first kappa shape index (κ1) is 18.9. The SMILES string of the molecule is CCC(NC(=O)c1cc(-c2ccncc2)nc2ccccc12)C(OC)OC. The van der Waals surface area contributed by atoms with Gasteiger partial charge in [-0.3, -0.25) is 9.78 Å². The Bertz CT molecular complexity index is 911. The minimum atomic E-state index is -0.508. The van der Waals surface area contributed by atoms with E-state index >= 15 is 0 Å². The molecule has 2 aromatic heterocycles. The molecule has 140 valence electrons. The zero-order valence-corrected chi connectivity index (χ0v) is 15.7. The maximum atomic E-state index is 13.1. The van der Waals surface area contributed by atoms with Crippen LogP contribution in [0.1, 0.15) is 23.7 Å². The van der Waals surface area contributed by atoms with Crippen LogP contribution in [0, 0.1) is 0 Å². The fraction of sp³-hybridized carbons (Fsp3) is 0.286. The van der Waals surface area contributed by atoms with E-state index in [2.05, 4.69) is 10.3 Å². The summed E-state index contributed by atoms with van der Waals surface area (Å²) < 4.78 is 10.6. The summed E-state index contributed by atoms with van der Waals surface area (Å²) in [4.78, 5) is 21.8. The Morgan fingerprint density at radius 1 is 1.11 bits per heavy atom. The zero-order valence-electron chi connectivity index (χ0n) is 15.7. The molecule has 6 nitrogen and oxygen atoms in total. The largest absolute Gasteiger partial charge is 0.354 e. The quantitative estimate of drug-likeness (QED) is 0.650. The summed E-state index contributed by atoms with van der Waals surface area (Å²) >= 11 is 0. The van der Waals surface area contributed by atoms with Crippen LogP contribution in [-0.2, 0) is 9.47 Å². The summed E-state index contributed by atoms with van der Waals surface area (Å²) in [6.07, 6.45) is 3.59. The maximum absolute atomic E-state index is 13.1. The number of carbonyl (C=O) groups excluding carboxylic acids is 1. The number of methoxy groups -OCH3 is 2. The molecule has 1 aromatic carbocycles. The van der Waals surface area contributed by atoms with Crippen molar-refractivity contribution in [3.8, 4) is 11.3 Å². The smallest absolute Gasteiger partial charge is 0.252 e. The summed E-state index contributed by atoms with van der Waals surface area (Å²) in [5.74, 6) is -0.185. The van der Waals surface area contributed by atoms with E-state index < -0.39 is 6.29 Å². The lowest BCUT2D eigenvalue weighted by Crippen LogP contribution is -2.44. The third-order valence-corrected chi connectivity index (χ3v) is 4.49. The van der Waals surface area contributed by atoms with Crippen LogP contribution < -0.4 is 5.32 Å². The van der Waals surface area contributed by atoms with E-state index in [1.165, 1.54) is 0 Å². The number of benzene rings is 1. The Morgan fingerprint density at radius 2 is 1.81 bits per heavy atom. The van der Waals surface area contributed by atoms with Crippen LogP contribution in [0.25, 0.3) is 22.2 Å². The van der Waals surface area contributed by atoms with Crippen LogP contribution in [0.4, 0.5) is 0 Å². The molecule has 0 fully saturated rings. The zero-order chi connectivity index (χ0) is 19.2. The van der Waals surface area contributed by atoms with Crippen molar-refractivity contribution in [3.63, 3.8) is 0 Å². The van der Waals surface area contributed by atoms with Gasteiger partial charge in [0.25, 0.3) is 5.91 Å². The highest BCUT2D eigenvalue weighted by Gasteiger charge is 2.23. The molecule has 0 spiro atoms. The first-order valence-corrected chi connectivity index (χ1v) is 8.84. The van der Waals surface area contributed by atoms with Gasteiger partial charge in [0.15, 0.2) is 6.29 Å². The predicted octanol–water partition coefficient (Wildman–Crippen LogP) is 3.42. The van der Waals surface area contributed by atoms with Crippen molar-refractivity contribution in [2.24, 2.45) is 0 Å². The fourth-order valence-electron chi connectivity index (χ4n) is 3.07. The van der Waals surface area contributed by atoms with Crippen molar-refractivity contribution in [1.82, 2.24) is 15.3 Å². The summed E-state index contributed by atoms with van der Waals surface area (Å²) in [6.45, 7) is 1.98. The highest BCUT2D eigenvalue weighted by atomic mass is 16.7. The van der Waals surface area contributed by atoms with Crippen molar-refractivity contribution < 1.29 is 14.3 Å². The number of nitrogens with one attached hydrogen (secondary N) is 1. The topological polar surface area (TPSA) is 73.3 Å². The van der Waals surface area contributed by atoms with Gasteiger partial charge in [-0.1, -0.05) is 25.1 Å². The van der Waals surface area contributed by atoms with Crippen LogP contribution in [-0.4, -0.2) is 42.4 Å². The third kappa shape index (κ3) is 4.13. The Balaban J connectivity index is 2.03. The molecule has 1 atom stereocenters. The first-order chi connectivity index (χ1) is 13.2. The number of para-hydroxylation sites is 1. The monoisotopic (exact) mass is 365 g/mol. The molecule has 3 rings (SSSR count). The first-order valence-electron chi connectivity index (χ1n) is 8.84. The standard InChI is InChI=1S/C21H23N3O3/c1-4-17(21(26-2)27-3)24-20(25)16-13-19(14-9-11-22-12-10-14)23-18-8-6-5-7-15(16)18/h5-13,17,21H,4H2,1-3H3,(H,24,25). The molecule has 0 aliphatic heterocycles. The van der Waals surface area contributed by atoms with E-state index in [0.717, 1.165) is 22.2 Å². The molecule has 6 heteroatoms. The van der Waals surface area contributed by atoms with Crippen LogP contribution in [0.15, 0.2) is 54.9 Å². The minimum absolute atomic E-state index is 0.185. The van der Waals surface area contributed by atoms with Crippen molar-refractivity contribution in [1.29, 1.82) is 0 Å². The average Bonchev–Trinajstić information content (AvgIpc) is 2.73. The number of ether oxygens (including phenoxy) is 2. The number of pyridine rings is 2. The molecule has 2 heterocycles. The van der Waals surface area contributed by atoms with Crippen molar-refractivity contribution in [2.75, 3.05) is 14.2 Å². The van der Waals surface area contributed by atoms with Gasteiger partial charge in [-0.15, -0.1) is 0 Å². The normalized spacial score (nSPS) is 12.3. The van der Waals surface area contributed by atoms with Gasteiger partial charge in [-0.25, -0.2) is 4.98 Å². The molecule has 0 saturated carbocycles. The molecule has 0 saturated heterocycles. The van der Waals surface area contributed by atoms with Crippen LogP contribution in [0.3, 0.4) is 0 Å². The second-order valence-corrected chi connectivity index (χ2v) is 6.14. The van der Waals surface area contributed by atoms with Crippen molar-refractivity contribution >= 4 is 16.8 Å². The van der Waals surface area contributed by atoms with Gasteiger partial charge in [-0.2, -0.15) is 0 Å². The molecular weight excluding hydrogens is 342 g/mol. The lowest BCUT2D eigenvalue weighted by molar-refractivity contribution is -0.121. The molecule has 1 unspecified atom stereocenters. The van der Waals surface area contributed by atoms with Crippen molar-refractivity contribution in [2.45, 2.75) is 25.7 Å². The molecule has 0 bridgehead atoms. The molecular formula is C21H23N3O3. The Kier molecular flexibility index (Phi) is 6.11. The van der Waals surface area contributed by atoms with E-state index in [1.54, 1.807) is 26.6 Å². The van der Waals surface area contributed by atoms with Crippen molar-refractivity contribution in [3.05, 3.63) is 60.4 Å². The average molecular weight is 365 g/mol. The van der Waals surface area contributed by atoms with Crippen LogP contribution in [0.5, 0.6) is 0 Å². The maximum Gasteiger partial charge on any atom is 0.252 e. The number of hydrogen-bond acceptors (Lipinski definition) is 5. The number of nitrogens with zero attached hydrogens (tertiary/aromatic N) is 2. The summed E-state index contributed by atoms with van der Waals surface area (Å²) in [6, 6.07) is 12.9. The van der Waals surface area contributed by atoms with Gasteiger partial charge in [0.2, 0.25) is 0 Å². The molecule has 27 heavy (non-hydrogen) atoms. The Labute approximate surface area is 158 Å². The Hall–Kier alpha value is -2.83. The number of aromatic nitrogens is 2. The lowest BCUT2D eigenvalue weighted by atomic mass is 10.0. The molecule has 0 radical (unpaired) electrons. The van der Waals surface area contributed by atoms with Gasteiger partial charge >= 0.3 is 0 Å². The summed E-state index contributed by atoms with van der Waals surface area (Å²) in [7, 11) is 3.12. The lowest BCUT2D eigenvalue weighted by Gasteiger charge is -2.25. The molecule has 1 N–H and O–H groups in total. The third-order valence-electron chi connectivity index (χ3n) is 4.49. The van der Waals surface area contributed by atoms with Gasteiger partial charge < -0.3 is 14.8 Å². The predicted molar refractivity (Wildman–Crippen MR) is 104 cm³/mol. The highest BCUT2D eigenvalue weighted by Crippen LogP contribution is 2.24. The highest BCUT2D eigenvalue weighted by molar-refractivity contribution is 6.07. The molecule has 0 aliphatic carbocycles. The number of rotatable bonds is 7.